The van der Waals surface area contributed by atoms with E-state index in [4.69, 9.17) is 4.74 Å². The van der Waals surface area contributed by atoms with Gasteiger partial charge in [-0.15, -0.1) is 0 Å². The molecule has 1 aliphatic heterocycles. The van der Waals surface area contributed by atoms with Crippen LogP contribution in [-0.4, -0.2) is 32.9 Å². The molecule has 1 amide bonds. The molecule has 1 heterocycles. The molecule has 7 nitrogen and oxygen atoms in total. The molecule has 1 aliphatic rings. The zero-order valence-corrected chi connectivity index (χ0v) is 22.6. The van der Waals surface area contributed by atoms with Crippen LogP contribution in [0.5, 0.6) is 0 Å². The molecule has 4 rings (SSSR count). The van der Waals surface area contributed by atoms with Gasteiger partial charge in [-0.2, -0.15) is 0 Å². The van der Waals surface area contributed by atoms with Gasteiger partial charge in [0.15, 0.2) is 6.61 Å². The first-order valence-corrected chi connectivity index (χ1v) is 13.7. The number of carbonyl (C=O) groups excluding carboxylic acids is 2. The summed E-state index contributed by atoms with van der Waals surface area (Å²) in [7, 11) is -4.00. The van der Waals surface area contributed by atoms with Crippen molar-refractivity contribution in [1.82, 2.24) is 0 Å². The number of nitrogens with one attached hydrogen (secondary N) is 1. The normalized spacial score (nSPS) is 15.3. The second-order valence-corrected chi connectivity index (χ2v) is 12.1. The number of rotatable bonds is 6. The first-order valence-electron chi connectivity index (χ1n) is 12.2. The van der Waals surface area contributed by atoms with Crippen molar-refractivity contribution in [3.63, 3.8) is 0 Å². The molecule has 1 unspecified atom stereocenters. The first-order chi connectivity index (χ1) is 17.4. The molecule has 0 saturated carbocycles. The number of benzene rings is 3. The maximum Gasteiger partial charge on any atom is 0.340 e. The van der Waals surface area contributed by atoms with Crippen LogP contribution in [0.2, 0.25) is 0 Å². The fourth-order valence-electron chi connectivity index (χ4n) is 4.53. The molecule has 0 fully saturated rings. The fraction of sp³-hybridized carbons (Fsp3) is 0.310. The van der Waals surface area contributed by atoms with E-state index in [0.29, 0.717) is 5.56 Å². The Bertz CT molecular complexity index is 1460. The van der Waals surface area contributed by atoms with Crippen LogP contribution in [0.25, 0.3) is 0 Å². The molecule has 3 aromatic carbocycles. The van der Waals surface area contributed by atoms with Crippen LogP contribution in [-0.2, 0) is 31.4 Å². The van der Waals surface area contributed by atoms with E-state index in [0.717, 1.165) is 23.2 Å². The third-order valence-electron chi connectivity index (χ3n) is 6.54. The molecular weight excluding hydrogens is 488 g/mol. The van der Waals surface area contributed by atoms with Gasteiger partial charge in [0.25, 0.3) is 15.9 Å². The zero-order chi connectivity index (χ0) is 27.0. The smallest absolute Gasteiger partial charge is 0.340 e. The number of sulfonamides is 1. The number of ether oxygens (including phenoxy) is 1. The van der Waals surface area contributed by atoms with Gasteiger partial charge in [0, 0.05) is 11.7 Å². The van der Waals surface area contributed by atoms with Crippen molar-refractivity contribution in [3.05, 3.63) is 89.0 Å². The largest absolute Gasteiger partial charge is 0.452 e. The van der Waals surface area contributed by atoms with Crippen molar-refractivity contribution < 1.29 is 22.7 Å². The predicted octanol–water partition coefficient (Wildman–Crippen LogP) is 5.23. The maximum absolute atomic E-state index is 13.3. The predicted molar refractivity (Wildman–Crippen MR) is 145 cm³/mol. The molecule has 1 N–H and O–H groups in total. The topological polar surface area (TPSA) is 92.8 Å². The van der Waals surface area contributed by atoms with Gasteiger partial charge in [0.1, 0.15) is 0 Å². The Hall–Kier alpha value is -3.65. The maximum atomic E-state index is 13.3. The summed E-state index contributed by atoms with van der Waals surface area (Å²) in [5, 5.41) is 0. The van der Waals surface area contributed by atoms with Crippen LogP contribution in [0.3, 0.4) is 0 Å². The minimum atomic E-state index is -4.00. The summed E-state index contributed by atoms with van der Waals surface area (Å²) in [6.07, 6.45) is 0.732. The van der Waals surface area contributed by atoms with Crippen LogP contribution in [0.15, 0.2) is 71.6 Å². The van der Waals surface area contributed by atoms with E-state index in [1.807, 2.05) is 58.0 Å². The standard InChI is InChI=1S/C29H32N2O5S/c1-19-14-15-22(29(3,4)5)17-26(19)37(34,35)30-24-12-8-7-11-23(24)28(33)36-18-27(32)31-20(2)16-21-10-6-9-13-25(21)31/h6-15,17,20,30H,16,18H2,1-5H3. The number of anilines is 2. The monoisotopic (exact) mass is 520 g/mol. The lowest BCUT2D eigenvalue weighted by atomic mass is 9.87. The molecule has 8 heteroatoms. The van der Waals surface area contributed by atoms with Crippen LogP contribution in [0.1, 0.15) is 54.7 Å². The Morgan fingerprint density at radius 3 is 2.43 bits per heavy atom. The van der Waals surface area contributed by atoms with Crippen molar-refractivity contribution in [1.29, 1.82) is 0 Å². The summed E-state index contributed by atoms with van der Waals surface area (Å²) in [6.45, 7) is 9.25. The number of para-hydroxylation sites is 2. The number of hydrogen-bond acceptors (Lipinski definition) is 5. The molecule has 0 aromatic heterocycles. The van der Waals surface area contributed by atoms with Gasteiger partial charge >= 0.3 is 5.97 Å². The number of amides is 1. The van der Waals surface area contributed by atoms with Crippen molar-refractivity contribution in [2.75, 3.05) is 16.2 Å². The Labute approximate surface area is 218 Å². The summed E-state index contributed by atoms with van der Waals surface area (Å²) in [5.41, 5.74) is 3.23. The molecular formula is C29H32N2O5S. The molecule has 0 saturated heterocycles. The highest BCUT2D eigenvalue weighted by molar-refractivity contribution is 7.92. The highest BCUT2D eigenvalue weighted by Gasteiger charge is 2.31. The Morgan fingerprint density at radius 1 is 1.03 bits per heavy atom. The van der Waals surface area contributed by atoms with Crippen LogP contribution in [0, 0.1) is 6.92 Å². The van der Waals surface area contributed by atoms with Crippen LogP contribution >= 0.6 is 0 Å². The SMILES string of the molecule is Cc1ccc(C(C)(C)C)cc1S(=O)(=O)Nc1ccccc1C(=O)OCC(=O)N1c2ccccc2CC1C. The molecule has 3 aromatic rings. The number of aryl methyl sites for hydroxylation is 1. The first kappa shape index (κ1) is 26.4. The van der Waals surface area contributed by atoms with Gasteiger partial charge in [-0.3, -0.25) is 9.52 Å². The third kappa shape index (κ3) is 5.54. The van der Waals surface area contributed by atoms with Crippen molar-refractivity contribution in [2.45, 2.75) is 57.4 Å². The average Bonchev–Trinajstić information content (AvgIpc) is 3.17. The minimum Gasteiger partial charge on any atom is -0.452 e. The molecule has 0 aliphatic carbocycles. The van der Waals surface area contributed by atoms with E-state index in [9.17, 15) is 18.0 Å². The van der Waals surface area contributed by atoms with E-state index in [1.165, 1.54) is 12.1 Å². The van der Waals surface area contributed by atoms with E-state index in [1.54, 1.807) is 36.1 Å². The summed E-state index contributed by atoms with van der Waals surface area (Å²) in [4.78, 5) is 27.7. The molecule has 0 bridgehead atoms. The van der Waals surface area contributed by atoms with Crippen LogP contribution in [0.4, 0.5) is 11.4 Å². The van der Waals surface area contributed by atoms with Gasteiger partial charge in [-0.1, -0.05) is 63.2 Å². The zero-order valence-electron chi connectivity index (χ0n) is 21.7. The number of esters is 1. The Morgan fingerprint density at radius 2 is 1.70 bits per heavy atom. The second-order valence-electron chi connectivity index (χ2n) is 10.4. The Kier molecular flexibility index (Phi) is 7.15. The lowest BCUT2D eigenvalue weighted by molar-refractivity contribution is -0.122. The van der Waals surface area contributed by atoms with Gasteiger partial charge in [-0.05, 0) is 66.6 Å². The van der Waals surface area contributed by atoms with E-state index >= 15 is 0 Å². The number of fused-ring (bicyclic) bond motifs is 1. The van der Waals surface area contributed by atoms with Gasteiger partial charge < -0.3 is 9.64 Å². The third-order valence-corrected chi connectivity index (χ3v) is 8.05. The van der Waals surface area contributed by atoms with Gasteiger partial charge in [0.05, 0.1) is 16.1 Å². The lowest BCUT2D eigenvalue weighted by Gasteiger charge is -2.22. The van der Waals surface area contributed by atoms with Crippen molar-refractivity contribution in [3.8, 4) is 0 Å². The molecule has 0 radical (unpaired) electrons. The highest BCUT2D eigenvalue weighted by atomic mass is 32.2. The van der Waals surface area contributed by atoms with E-state index in [-0.39, 0.29) is 33.5 Å². The highest BCUT2D eigenvalue weighted by Crippen LogP contribution is 2.32. The number of nitrogens with zero attached hydrogens (tertiary/aromatic N) is 1. The molecule has 0 spiro atoms. The lowest BCUT2D eigenvalue weighted by Crippen LogP contribution is -2.38. The Balaban J connectivity index is 1.52. The van der Waals surface area contributed by atoms with Crippen molar-refractivity contribution >= 4 is 33.3 Å². The quantitative estimate of drug-likeness (QED) is 0.450. The summed E-state index contributed by atoms with van der Waals surface area (Å²) in [5.74, 6) is -1.12. The molecule has 194 valence electrons. The minimum absolute atomic E-state index is 0.0263. The van der Waals surface area contributed by atoms with Gasteiger partial charge in [0.2, 0.25) is 0 Å². The number of hydrogen-bond donors (Lipinski definition) is 1. The molecule has 1 atom stereocenters. The summed E-state index contributed by atoms with van der Waals surface area (Å²) in [6, 6.07) is 19.2. The van der Waals surface area contributed by atoms with Gasteiger partial charge in [-0.25, -0.2) is 13.2 Å². The van der Waals surface area contributed by atoms with Crippen molar-refractivity contribution in [2.24, 2.45) is 0 Å². The molecule has 37 heavy (non-hydrogen) atoms. The fourth-order valence-corrected chi connectivity index (χ4v) is 5.88. The van der Waals surface area contributed by atoms with E-state index in [2.05, 4.69) is 4.72 Å². The van der Waals surface area contributed by atoms with E-state index < -0.39 is 22.6 Å². The average molecular weight is 521 g/mol. The van der Waals surface area contributed by atoms with Crippen LogP contribution < -0.4 is 9.62 Å². The second kappa shape index (κ2) is 10.0. The summed E-state index contributed by atoms with van der Waals surface area (Å²) >= 11 is 0. The summed E-state index contributed by atoms with van der Waals surface area (Å²) < 4.78 is 34.6. The number of carbonyl (C=O) groups is 2.